The van der Waals surface area contributed by atoms with E-state index in [1.165, 1.54) is 7.11 Å². The van der Waals surface area contributed by atoms with Gasteiger partial charge in [0.05, 0.1) is 6.61 Å². The maximum absolute atomic E-state index is 8.84. The zero-order valence-corrected chi connectivity index (χ0v) is 6.55. The number of terminal acetylenes is 1. The molecule has 0 fully saturated rings. The van der Waals surface area contributed by atoms with Crippen LogP contribution in [0.15, 0.2) is 0 Å². The first-order valence-corrected chi connectivity index (χ1v) is 3.38. The molecule has 0 aliphatic rings. The Morgan fingerprint density at radius 3 is 2.40 bits per heavy atom. The van der Waals surface area contributed by atoms with E-state index < -0.39 is 5.60 Å². The van der Waals surface area contributed by atoms with Gasteiger partial charge in [0, 0.05) is 7.11 Å². The predicted octanol–water partition coefficient (Wildman–Crippen LogP) is 0.797. The Morgan fingerprint density at radius 1 is 1.70 bits per heavy atom. The van der Waals surface area contributed by atoms with Crippen molar-refractivity contribution in [1.29, 1.82) is 0 Å². The third kappa shape index (κ3) is 2.02. The molecule has 0 aromatic heterocycles. The van der Waals surface area contributed by atoms with Gasteiger partial charge in [-0.2, -0.15) is 0 Å². The lowest BCUT2D eigenvalue weighted by atomic mass is 10.0. The fraction of sp³-hybridized carbons (Fsp3) is 0.750. The summed E-state index contributed by atoms with van der Waals surface area (Å²) in [6.45, 7) is 1.90. The highest BCUT2D eigenvalue weighted by molar-refractivity contribution is 5.08. The minimum atomic E-state index is -0.741. The smallest absolute Gasteiger partial charge is 0.150 e. The van der Waals surface area contributed by atoms with Crippen molar-refractivity contribution < 1.29 is 9.84 Å². The fourth-order valence-corrected chi connectivity index (χ4v) is 0.826. The molecule has 1 N–H and O–H groups in total. The molecule has 0 spiro atoms. The summed E-state index contributed by atoms with van der Waals surface area (Å²) in [5, 5.41) is 8.84. The van der Waals surface area contributed by atoms with Crippen molar-refractivity contribution in [2.24, 2.45) is 0 Å². The summed E-state index contributed by atoms with van der Waals surface area (Å²) in [5.74, 6) is 2.44. The van der Waals surface area contributed by atoms with Crippen LogP contribution in [0.2, 0.25) is 0 Å². The number of aliphatic hydroxyl groups is 1. The molecule has 0 rings (SSSR count). The second-order valence-corrected chi connectivity index (χ2v) is 2.25. The minimum absolute atomic E-state index is 0.103. The molecule has 0 saturated carbocycles. The minimum Gasteiger partial charge on any atom is -0.392 e. The summed E-state index contributed by atoms with van der Waals surface area (Å²) in [4.78, 5) is 0. The number of rotatable bonds is 4. The number of hydrogen-bond donors (Lipinski definition) is 1. The van der Waals surface area contributed by atoms with Gasteiger partial charge in [-0.15, -0.1) is 6.42 Å². The van der Waals surface area contributed by atoms with Gasteiger partial charge in [0.15, 0.2) is 5.60 Å². The molecule has 0 heterocycles. The van der Waals surface area contributed by atoms with Gasteiger partial charge >= 0.3 is 0 Å². The van der Waals surface area contributed by atoms with E-state index in [-0.39, 0.29) is 6.61 Å². The molecule has 1 unspecified atom stereocenters. The van der Waals surface area contributed by atoms with Gasteiger partial charge in [-0.3, -0.25) is 0 Å². The Kier molecular flexibility index (Phi) is 4.10. The average molecular weight is 142 g/mol. The van der Waals surface area contributed by atoms with E-state index >= 15 is 0 Å². The topological polar surface area (TPSA) is 29.5 Å². The molecular weight excluding hydrogens is 128 g/mol. The molecule has 58 valence electrons. The molecular formula is C8H14O2. The van der Waals surface area contributed by atoms with Crippen LogP contribution in [-0.4, -0.2) is 24.4 Å². The van der Waals surface area contributed by atoms with Crippen LogP contribution in [0, 0.1) is 12.3 Å². The number of methoxy groups -OCH3 is 1. The van der Waals surface area contributed by atoms with Crippen LogP contribution in [0.5, 0.6) is 0 Å². The summed E-state index contributed by atoms with van der Waals surface area (Å²) in [7, 11) is 1.52. The summed E-state index contributed by atoms with van der Waals surface area (Å²) in [6.07, 6.45) is 6.80. The molecule has 2 heteroatoms. The highest BCUT2D eigenvalue weighted by atomic mass is 16.5. The van der Waals surface area contributed by atoms with Gasteiger partial charge in [-0.25, -0.2) is 0 Å². The maximum Gasteiger partial charge on any atom is 0.150 e. The van der Waals surface area contributed by atoms with Gasteiger partial charge in [-0.1, -0.05) is 19.3 Å². The lowest BCUT2D eigenvalue weighted by Gasteiger charge is -2.23. The number of ether oxygens (including phenoxy) is 1. The second kappa shape index (κ2) is 4.32. The van der Waals surface area contributed by atoms with Crippen LogP contribution in [0.25, 0.3) is 0 Å². The lowest BCUT2D eigenvalue weighted by Crippen LogP contribution is -2.33. The molecule has 0 amide bonds. The second-order valence-electron chi connectivity index (χ2n) is 2.25. The fourth-order valence-electron chi connectivity index (χ4n) is 0.826. The molecule has 0 aliphatic heterocycles. The molecule has 0 aromatic carbocycles. The number of hydrogen-bond acceptors (Lipinski definition) is 2. The zero-order valence-electron chi connectivity index (χ0n) is 6.55. The van der Waals surface area contributed by atoms with Crippen molar-refractivity contribution in [2.45, 2.75) is 25.4 Å². The summed E-state index contributed by atoms with van der Waals surface area (Å²) in [6, 6.07) is 0. The third-order valence-electron chi connectivity index (χ3n) is 1.56. The highest BCUT2D eigenvalue weighted by Crippen LogP contribution is 2.14. The standard InChI is InChI=1S/C8H14O2/c1-4-6-8(5-2,7-9)10-3/h2,9H,4,6-7H2,1,3H3. The van der Waals surface area contributed by atoms with E-state index in [0.29, 0.717) is 6.42 Å². The molecule has 0 saturated heterocycles. The summed E-state index contributed by atoms with van der Waals surface area (Å²) >= 11 is 0. The Hall–Kier alpha value is -0.520. The van der Waals surface area contributed by atoms with E-state index in [1.807, 2.05) is 6.92 Å². The first kappa shape index (κ1) is 9.48. The quantitative estimate of drug-likeness (QED) is 0.588. The van der Waals surface area contributed by atoms with Crippen LogP contribution in [0.4, 0.5) is 0 Å². The van der Waals surface area contributed by atoms with Crippen molar-refractivity contribution in [2.75, 3.05) is 13.7 Å². The molecule has 0 bridgehead atoms. The third-order valence-corrected chi connectivity index (χ3v) is 1.56. The van der Waals surface area contributed by atoms with Crippen molar-refractivity contribution >= 4 is 0 Å². The van der Waals surface area contributed by atoms with Gasteiger partial charge in [0.1, 0.15) is 0 Å². The monoisotopic (exact) mass is 142 g/mol. The van der Waals surface area contributed by atoms with Gasteiger partial charge in [0.25, 0.3) is 0 Å². The first-order chi connectivity index (χ1) is 4.74. The Labute approximate surface area is 62.2 Å². The van der Waals surface area contributed by atoms with E-state index in [2.05, 4.69) is 5.92 Å². The summed E-state index contributed by atoms with van der Waals surface area (Å²) in [5.41, 5.74) is -0.741. The van der Waals surface area contributed by atoms with Crippen molar-refractivity contribution in [3.63, 3.8) is 0 Å². The van der Waals surface area contributed by atoms with E-state index in [1.54, 1.807) is 0 Å². The van der Waals surface area contributed by atoms with Crippen LogP contribution in [0.1, 0.15) is 19.8 Å². The van der Waals surface area contributed by atoms with E-state index in [4.69, 9.17) is 16.3 Å². The number of aliphatic hydroxyl groups excluding tert-OH is 1. The van der Waals surface area contributed by atoms with Gasteiger partial charge in [0.2, 0.25) is 0 Å². The van der Waals surface area contributed by atoms with Gasteiger partial charge in [-0.05, 0) is 6.42 Å². The predicted molar refractivity (Wildman–Crippen MR) is 40.6 cm³/mol. The Balaban J connectivity index is 4.05. The lowest BCUT2D eigenvalue weighted by molar-refractivity contribution is -0.0125. The SMILES string of the molecule is C#CC(CO)(CCC)OC. The largest absolute Gasteiger partial charge is 0.392 e. The van der Waals surface area contributed by atoms with Crippen LogP contribution >= 0.6 is 0 Å². The normalized spacial score (nSPS) is 15.8. The zero-order chi connectivity index (χ0) is 8.04. The molecule has 0 aliphatic carbocycles. The first-order valence-electron chi connectivity index (χ1n) is 3.38. The molecule has 0 aromatic rings. The van der Waals surface area contributed by atoms with Crippen LogP contribution < -0.4 is 0 Å². The van der Waals surface area contributed by atoms with Crippen LogP contribution in [-0.2, 0) is 4.74 Å². The maximum atomic E-state index is 8.84. The molecule has 1 atom stereocenters. The van der Waals surface area contributed by atoms with Crippen molar-refractivity contribution in [1.82, 2.24) is 0 Å². The molecule has 2 nitrogen and oxygen atoms in total. The van der Waals surface area contributed by atoms with E-state index in [9.17, 15) is 0 Å². The molecule has 0 radical (unpaired) electrons. The van der Waals surface area contributed by atoms with Crippen molar-refractivity contribution in [3.8, 4) is 12.3 Å². The van der Waals surface area contributed by atoms with E-state index in [0.717, 1.165) is 6.42 Å². The highest BCUT2D eigenvalue weighted by Gasteiger charge is 2.24. The summed E-state index contributed by atoms with van der Waals surface area (Å²) < 4.78 is 4.99. The average Bonchev–Trinajstić information content (AvgIpc) is 2.01. The van der Waals surface area contributed by atoms with Crippen LogP contribution in [0.3, 0.4) is 0 Å². The molecule has 10 heavy (non-hydrogen) atoms. The Morgan fingerprint density at radius 2 is 2.30 bits per heavy atom. The van der Waals surface area contributed by atoms with Crippen molar-refractivity contribution in [3.05, 3.63) is 0 Å². The van der Waals surface area contributed by atoms with Gasteiger partial charge < -0.3 is 9.84 Å². The Bertz CT molecular complexity index is 120.